The number of halogens is 2. The van der Waals surface area contributed by atoms with Gasteiger partial charge in [-0.15, -0.1) is 6.58 Å². The van der Waals surface area contributed by atoms with Crippen LogP contribution in [0.5, 0.6) is 0 Å². The Hall–Kier alpha value is -0.920. The zero-order valence-electron chi connectivity index (χ0n) is 9.86. The van der Waals surface area contributed by atoms with Gasteiger partial charge in [0, 0.05) is 13.1 Å². The Labute approximate surface area is 114 Å². The van der Waals surface area contributed by atoms with Crippen LogP contribution in [0.2, 0.25) is 0 Å². The second-order valence-corrected chi connectivity index (χ2v) is 6.31. The van der Waals surface area contributed by atoms with Crippen LogP contribution in [0, 0.1) is 5.82 Å². The number of nitrogens with two attached hydrogens (primary N) is 1. The van der Waals surface area contributed by atoms with Gasteiger partial charge in [0.2, 0.25) is 10.0 Å². The molecule has 0 aliphatic heterocycles. The number of hydrogen-bond donors (Lipinski definition) is 1. The lowest BCUT2D eigenvalue weighted by Crippen LogP contribution is -2.31. The van der Waals surface area contributed by atoms with Crippen LogP contribution in [0.1, 0.15) is 6.92 Å². The third kappa shape index (κ3) is 2.90. The SMILES string of the molecule is C=CCN(CC)S(=O)(=O)c1cc(Br)c(F)cc1N. The van der Waals surface area contributed by atoms with E-state index in [0.29, 0.717) is 0 Å². The van der Waals surface area contributed by atoms with E-state index in [1.54, 1.807) is 6.92 Å². The fourth-order valence-corrected chi connectivity index (χ4v) is 3.49. The molecule has 7 heteroatoms. The van der Waals surface area contributed by atoms with Crippen molar-refractivity contribution in [2.45, 2.75) is 11.8 Å². The quantitative estimate of drug-likeness (QED) is 0.663. The minimum absolute atomic E-state index is 0.0601. The van der Waals surface area contributed by atoms with Crippen LogP contribution in [0.25, 0.3) is 0 Å². The molecule has 0 saturated heterocycles. The van der Waals surface area contributed by atoms with Crippen molar-refractivity contribution in [2.24, 2.45) is 0 Å². The van der Waals surface area contributed by atoms with Crippen molar-refractivity contribution in [2.75, 3.05) is 18.8 Å². The number of likely N-dealkylation sites (N-methyl/N-ethyl adjacent to an activating group) is 1. The van der Waals surface area contributed by atoms with Gasteiger partial charge in [-0.05, 0) is 28.1 Å². The van der Waals surface area contributed by atoms with E-state index in [2.05, 4.69) is 22.5 Å². The molecule has 0 bridgehead atoms. The number of sulfonamides is 1. The van der Waals surface area contributed by atoms with Crippen molar-refractivity contribution < 1.29 is 12.8 Å². The summed E-state index contributed by atoms with van der Waals surface area (Å²) in [5.74, 6) is -0.599. The van der Waals surface area contributed by atoms with Crippen molar-refractivity contribution in [3.8, 4) is 0 Å². The van der Waals surface area contributed by atoms with E-state index in [9.17, 15) is 12.8 Å². The summed E-state index contributed by atoms with van der Waals surface area (Å²) in [6.45, 7) is 5.66. The van der Waals surface area contributed by atoms with Gasteiger partial charge in [0.1, 0.15) is 10.7 Å². The number of rotatable bonds is 5. The van der Waals surface area contributed by atoms with Crippen LogP contribution in [0.15, 0.2) is 34.2 Å². The smallest absolute Gasteiger partial charge is 0.245 e. The Morgan fingerprint density at radius 3 is 2.67 bits per heavy atom. The highest BCUT2D eigenvalue weighted by Gasteiger charge is 2.25. The predicted molar refractivity (Wildman–Crippen MR) is 73.1 cm³/mol. The van der Waals surface area contributed by atoms with Gasteiger partial charge in [-0.25, -0.2) is 12.8 Å². The van der Waals surface area contributed by atoms with Crippen molar-refractivity contribution in [1.82, 2.24) is 4.31 Å². The lowest BCUT2D eigenvalue weighted by molar-refractivity contribution is 0.460. The van der Waals surface area contributed by atoms with E-state index in [1.807, 2.05) is 0 Å². The minimum atomic E-state index is -3.74. The molecule has 0 heterocycles. The maximum atomic E-state index is 13.2. The fourth-order valence-electron chi connectivity index (χ4n) is 1.45. The van der Waals surface area contributed by atoms with E-state index < -0.39 is 15.8 Å². The largest absolute Gasteiger partial charge is 0.398 e. The van der Waals surface area contributed by atoms with Gasteiger partial charge in [-0.2, -0.15) is 4.31 Å². The molecule has 0 saturated carbocycles. The van der Waals surface area contributed by atoms with Crippen LogP contribution in [0.4, 0.5) is 10.1 Å². The van der Waals surface area contributed by atoms with E-state index in [1.165, 1.54) is 16.4 Å². The topological polar surface area (TPSA) is 63.4 Å². The summed E-state index contributed by atoms with van der Waals surface area (Å²) in [4.78, 5) is -0.112. The first-order chi connectivity index (χ1) is 8.34. The first-order valence-electron chi connectivity index (χ1n) is 5.20. The molecule has 1 aromatic rings. The molecule has 0 aromatic heterocycles. The highest BCUT2D eigenvalue weighted by molar-refractivity contribution is 9.10. The first kappa shape index (κ1) is 15.1. The molecule has 0 radical (unpaired) electrons. The maximum Gasteiger partial charge on any atom is 0.245 e. The molecule has 0 spiro atoms. The molecule has 2 N–H and O–H groups in total. The van der Waals surface area contributed by atoms with Gasteiger partial charge in [-0.3, -0.25) is 0 Å². The molecule has 18 heavy (non-hydrogen) atoms. The molecule has 0 amide bonds. The van der Waals surface area contributed by atoms with Crippen LogP contribution in [-0.2, 0) is 10.0 Å². The second kappa shape index (κ2) is 5.81. The lowest BCUT2D eigenvalue weighted by atomic mass is 10.3. The molecule has 0 aliphatic carbocycles. The van der Waals surface area contributed by atoms with Gasteiger partial charge in [0.25, 0.3) is 0 Å². The molecule has 0 aliphatic rings. The van der Waals surface area contributed by atoms with Crippen LogP contribution in [0.3, 0.4) is 0 Å². The number of hydrogen-bond acceptors (Lipinski definition) is 3. The van der Waals surface area contributed by atoms with Gasteiger partial charge in [0.05, 0.1) is 10.2 Å². The van der Waals surface area contributed by atoms with E-state index in [4.69, 9.17) is 5.73 Å². The molecule has 0 atom stereocenters. The Kier molecular flexibility index (Phi) is 4.89. The van der Waals surface area contributed by atoms with Crippen LogP contribution in [-0.4, -0.2) is 25.8 Å². The Balaban J connectivity index is 3.36. The summed E-state index contributed by atoms with van der Waals surface area (Å²) >= 11 is 2.95. The third-order valence-electron chi connectivity index (χ3n) is 2.36. The third-order valence-corrected chi connectivity index (χ3v) is 4.96. The van der Waals surface area contributed by atoms with Crippen molar-refractivity contribution >= 4 is 31.6 Å². The highest BCUT2D eigenvalue weighted by Crippen LogP contribution is 2.28. The van der Waals surface area contributed by atoms with Crippen LogP contribution >= 0.6 is 15.9 Å². The van der Waals surface area contributed by atoms with Crippen molar-refractivity contribution in [3.63, 3.8) is 0 Å². The number of nitrogen functional groups attached to an aromatic ring is 1. The summed E-state index contributed by atoms with van der Waals surface area (Å²) < 4.78 is 39.1. The number of benzene rings is 1. The molecular formula is C11H14BrFN2O2S. The molecule has 1 rings (SSSR count). The van der Waals surface area contributed by atoms with Gasteiger partial charge in [-0.1, -0.05) is 13.0 Å². The summed E-state index contributed by atoms with van der Waals surface area (Å²) in [5.41, 5.74) is 5.46. The summed E-state index contributed by atoms with van der Waals surface area (Å²) in [7, 11) is -3.74. The molecule has 1 aromatic carbocycles. The molecule has 100 valence electrons. The standard InChI is InChI=1S/C11H14BrFN2O2S/c1-3-5-15(4-2)18(16,17)11-6-8(12)9(13)7-10(11)14/h3,6-7H,1,4-5,14H2,2H3. The normalized spacial score (nSPS) is 11.8. The summed E-state index contributed by atoms with van der Waals surface area (Å²) in [6.07, 6.45) is 1.48. The van der Waals surface area contributed by atoms with E-state index in [-0.39, 0.29) is 28.1 Å². The fraction of sp³-hybridized carbons (Fsp3) is 0.273. The van der Waals surface area contributed by atoms with Crippen molar-refractivity contribution in [1.29, 1.82) is 0 Å². The Bertz CT molecular complexity index is 560. The number of nitrogens with zero attached hydrogens (tertiary/aromatic N) is 1. The van der Waals surface area contributed by atoms with Gasteiger partial charge in [0.15, 0.2) is 0 Å². The zero-order chi connectivity index (χ0) is 13.9. The maximum absolute atomic E-state index is 13.2. The summed E-state index contributed by atoms with van der Waals surface area (Å²) in [5, 5.41) is 0. The number of anilines is 1. The first-order valence-corrected chi connectivity index (χ1v) is 7.43. The minimum Gasteiger partial charge on any atom is -0.398 e. The van der Waals surface area contributed by atoms with Gasteiger partial charge >= 0.3 is 0 Å². The Morgan fingerprint density at radius 2 is 2.17 bits per heavy atom. The van der Waals surface area contributed by atoms with Crippen molar-refractivity contribution in [3.05, 3.63) is 35.1 Å². The second-order valence-electron chi connectivity index (χ2n) is 3.55. The van der Waals surface area contributed by atoms with Gasteiger partial charge < -0.3 is 5.73 Å². The lowest BCUT2D eigenvalue weighted by Gasteiger charge is -2.20. The monoisotopic (exact) mass is 336 g/mol. The molecule has 4 nitrogen and oxygen atoms in total. The zero-order valence-corrected chi connectivity index (χ0v) is 12.3. The average Bonchev–Trinajstić information content (AvgIpc) is 2.30. The van der Waals surface area contributed by atoms with E-state index >= 15 is 0 Å². The Morgan fingerprint density at radius 1 is 1.56 bits per heavy atom. The summed E-state index contributed by atoms with van der Waals surface area (Å²) in [6, 6.07) is 2.16. The molecule has 0 unspecified atom stereocenters. The molecule has 0 fully saturated rings. The average molecular weight is 337 g/mol. The highest BCUT2D eigenvalue weighted by atomic mass is 79.9. The molecular weight excluding hydrogens is 323 g/mol. The predicted octanol–water partition coefficient (Wildman–Crippen LogP) is 2.37. The van der Waals surface area contributed by atoms with Crippen LogP contribution < -0.4 is 5.73 Å². The van der Waals surface area contributed by atoms with E-state index in [0.717, 1.165) is 6.07 Å².